The number of amides is 1. The molecule has 9 heteroatoms. The van der Waals surface area contributed by atoms with Gasteiger partial charge in [0.15, 0.2) is 6.23 Å². The number of ether oxygens (including phenoxy) is 1. The SMILES string of the molecule is CN(CCc1cn([C@@H]2O[C@H](CO)[C@@H](O)[C@H](O)[C@H]2O)cn1)C(=O)C=Cc1ccccc1. The van der Waals surface area contributed by atoms with Gasteiger partial charge in [-0.1, -0.05) is 30.3 Å². The van der Waals surface area contributed by atoms with E-state index in [1.807, 2.05) is 30.3 Å². The third-order valence-electron chi connectivity index (χ3n) is 5.11. The highest BCUT2D eigenvalue weighted by Gasteiger charge is 2.44. The van der Waals surface area contributed by atoms with Gasteiger partial charge in [0.05, 0.1) is 18.6 Å². The second kappa shape index (κ2) is 9.96. The topological polar surface area (TPSA) is 128 Å². The van der Waals surface area contributed by atoms with Gasteiger partial charge in [0.2, 0.25) is 5.91 Å². The van der Waals surface area contributed by atoms with E-state index in [1.165, 1.54) is 17.0 Å². The Morgan fingerprint density at radius 3 is 2.63 bits per heavy atom. The van der Waals surface area contributed by atoms with Crippen molar-refractivity contribution in [2.24, 2.45) is 0 Å². The molecular formula is C21H27N3O6. The number of carbonyl (C=O) groups excluding carboxylic acids is 1. The highest BCUT2D eigenvalue weighted by molar-refractivity contribution is 5.91. The molecule has 1 amide bonds. The van der Waals surface area contributed by atoms with Gasteiger partial charge in [-0.2, -0.15) is 0 Å². The van der Waals surface area contributed by atoms with Crippen molar-refractivity contribution in [3.05, 3.63) is 60.2 Å². The van der Waals surface area contributed by atoms with Crippen LogP contribution < -0.4 is 0 Å². The second-order valence-electron chi connectivity index (χ2n) is 7.29. The number of nitrogens with zero attached hydrogens (tertiary/aromatic N) is 3. The third-order valence-corrected chi connectivity index (χ3v) is 5.11. The summed E-state index contributed by atoms with van der Waals surface area (Å²) in [6, 6.07) is 9.54. The van der Waals surface area contributed by atoms with Crippen molar-refractivity contribution in [1.82, 2.24) is 14.5 Å². The van der Waals surface area contributed by atoms with E-state index >= 15 is 0 Å². The van der Waals surface area contributed by atoms with Crippen LogP contribution in [0.15, 0.2) is 48.9 Å². The molecule has 1 fully saturated rings. The lowest BCUT2D eigenvalue weighted by molar-refractivity contribution is -0.251. The van der Waals surface area contributed by atoms with E-state index < -0.39 is 37.3 Å². The van der Waals surface area contributed by atoms with E-state index in [0.29, 0.717) is 18.7 Å². The lowest BCUT2D eigenvalue weighted by atomic mass is 9.98. The van der Waals surface area contributed by atoms with E-state index in [-0.39, 0.29) is 5.91 Å². The number of hydrogen-bond acceptors (Lipinski definition) is 7. The summed E-state index contributed by atoms with van der Waals surface area (Å²) >= 11 is 0. The molecule has 1 saturated heterocycles. The van der Waals surface area contributed by atoms with Gasteiger partial charge in [-0.05, 0) is 11.6 Å². The van der Waals surface area contributed by atoms with Crippen LogP contribution in [0.2, 0.25) is 0 Å². The Labute approximate surface area is 174 Å². The van der Waals surface area contributed by atoms with Crippen LogP contribution in [0.3, 0.4) is 0 Å². The van der Waals surface area contributed by atoms with Crippen molar-refractivity contribution in [3.63, 3.8) is 0 Å². The molecule has 1 aromatic carbocycles. The summed E-state index contributed by atoms with van der Waals surface area (Å²) in [5, 5.41) is 39.3. The number of rotatable bonds is 7. The molecule has 9 nitrogen and oxygen atoms in total. The monoisotopic (exact) mass is 417 g/mol. The normalized spacial score (nSPS) is 26.8. The molecule has 1 aliphatic heterocycles. The molecule has 4 N–H and O–H groups in total. The van der Waals surface area contributed by atoms with Crippen molar-refractivity contribution in [3.8, 4) is 0 Å². The molecule has 30 heavy (non-hydrogen) atoms. The van der Waals surface area contributed by atoms with Crippen LogP contribution in [-0.4, -0.2) is 85.4 Å². The van der Waals surface area contributed by atoms with Crippen molar-refractivity contribution < 1.29 is 30.0 Å². The minimum atomic E-state index is -1.45. The van der Waals surface area contributed by atoms with E-state index in [1.54, 1.807) is 24.2 Å². The molecular weight excluding hydrogens is 390 g/mol. The van der Waals surface area contributed by atoms with E-state index in [4.69, 9.17) is 4.74 Å². The number of carbonyl (C=O) groups is 1. The number of aliphatic hydroxyl groups excluding tert-OH is 4. The van der Waals surface area contributed by atoms with Crippen LogP contribution in [0.25, 0.3) is 6.08 Å². The zero-order valence-electron chi connectivity index (χ0n) is 16.7. The number of aromatic nitrogens is 2. The summed E-state index contributed by atoms with van der Waals surface area (Å²) in [5.41, 5.74) is 1.61. The Morgan fingerprint density at radius 2 is 1.93 bits per heavy atom. The number of imidazole rings is 1. The minimum Gasteiger partial charge on any atom is -0.394 e. The fraction of sp³-hybridized carbons (Fsp3) is 0.429. The molecule has 0 bridgehead atoms. The largest absolute Gasteiger partial charge is 0.394 e. The molecule has 1 aliphatic rings. The molecule has 0 radical (unpaired) electrons. The first kappa shape index (κ1) is 22.1. The summed E-state index contributed by atoms with van der Waals surface area (Å²) in [5.74, 6) is -0.132. The average molecular weight is 417 g/mol. The zero-order valence-corrected chi connectivity index (χ0v) is 16.7. The minimum absolute atomic E-state index is 0.132. The maximum Gasteiger partial charge on any atom is 0.246 e. The van der Waals surface area contributed by atoms with Gasteiger partial charge in [-0.25, -0.2) is 4.98 Å². The smallest absolute Gasteiger partial charge is 0.246 e. The van der Waals surface area contributed by atoms with E-state index in [0.717, 1.165) is 5.56 Å². The molecule has 2 aromatic rings. The molecule has 5 atom stereocenters. The van der Waals surface area contributed by atoms with Crippen molar-refractivity contribution in [2.45, 2.75) is 37.1 Å². The molecule has 162 valence electrons. The predicted octanol–water partition coefficient (Wildman–Crippen LogP) is -0.430. The second-order valence-corrected chi connectivity index (χ2v) is 7.29. The Kier molecular flexibility index (Phi) is 7.35. The first-order chi connectivity index (χ1) is 14.4. The average Bonchev–Trinajstić information content (AvgIpc) is 3.24. The van der Waals surface area contributed by atoms with Crippen LogP contribution in [0.5, 0.6) is 0 Å². The van der Waals surface area contributed by atoms with Crippen molar-refractivity contribution >= 4 is 12.0 Å². The fourth-order valence-corrected chi connectivity index (χ4v) is 3.23. The Morgan fingerprint density at radius 1 is 1.20 bits per heavy atom. The summed E-state index contributed by atoms with van der Waals surface area (Å²) in [4.78, 5) is 18.1. The summed E-state index contributed by atoms with van der Waals surface area (Å²) in [6.45, 7) is -0.0595. The van der Waals surface area contributed by atoms with Gasteiger partial charge in [0.25, 0.3) is 0 Å². The van der Waals surface area contributed by atoms with Crippen LogP contribution in [0.4, 0.5) is 0 Å². The Bertz CT molecular complexity index is 853. The molecule has 1 aromatic heterocycles. The van der Waals surface area contributed by atoms with Gasteiger partial charge < -0.3 is 34.6 Å². The van der Waals surface area contributed by atoms with Crippen LogP contribution in [0, 0.1) is 0 Å². The number of hydrogen-bond donors (Lipinski definition) is 4. The van der Waals surface area contributed by atoms with Crippen molar-refractivity contribution in [2.75, 3.05) is 20.2 Å². The quantitative estimate of drug-likeness (QED) is 0.450. The summed E-state index contributed by atoms with van der Waals surface area (Å²) in [7, 11) is 1.70. The standard InChI is InChI=1S/C21H27N3O6/c1-23(17(26)8-7-14-5-3-2-4-6-14)10-9-15-11-24(13-22-15)21-20(29)19(28)18(27)16(12-25)30-21/h2-8,11,13,16,18-21,25,27-29H,9-10,12H2,1H3/t16-,18-,19+,20-,21-/m1/s1. The van der Waals surface area contributed by atoms with Gasteiger partial charge in [0, 0.05) is 32.3 Å². The van der Waals surface area contributed by atoms with Gasteiger partial charge >= 0.3 is 0 Å². The molecule has 0 spiro atoms. The first-order valence-electron chi connectivity index (χ1n) is 9.71. The molecule has 2 heterocycles. The van der Waals surface area contributed by atoms with Gasteiger partial charge in [0.1, 0.15) is 24.4 Å². The highest BCUT2D eigenvalue weighted by Crippen LogP contribution is 2.28. The van der Waals surface area contributed by atoms with Crippen LogP contribution >= 0.6 is 0 Å². The van der Waals surface area contributed by atoms with E-state index in [2.05, 4.69) is 4.98 Å². The van der Waals surface area contributed by atoms with Gasteiger partial charge in [-0.15, -0.1) is 0 Å². The molecule has 0 saturated carbocycles. The molecule has 0 unspecified atom stereocenters. The number of likely N-dealkylation sites (N-methyl/N-ethyl adjacent to an activating group) is 1. The third kappa shape index (κ3) is 5.13. The predicted molar refractivity (Wildman–Crippen MR) is 108 cm³/mol. The maximum absolute atomic E-state index is 12.3. The van der Waals surface area contributed by atoms with Crippen LogP contribution in [0.1, 0.15) is 17.5 Å². The Balaban J connectivity index is 1.56. The zero-order chi connectivity index (χ0) is 21.7. The molecule has 3 rings (SSSR count). The first-order valence-corrected chi connectivity index (χ1v) is 9.71. The summed E-state index contributed by atoms with van der Waals surface area (Å²) < 4.78 is 6.99. The van der Waals surface area contributed by atoms with Gasteiger partial charge in [-0.3, -0.25) is 4.79 Å². The number of aliphatic hydroxyl groups is 4. The maximum atomic E-state index is 12.3. The van der Waals surface area contributed by atoms with Crippen molar-refractivity contribution in [1.29, 1.82) is 0 Å². The summed E-state index contributed by atoms with van der Waals surface area (Å²) in [6.07, 6.45) is 0.621. The molecule has 0 aliphatic carbocycles. The fourth-order valence-electron chi connectivity index (χ4n) is 3.23. The number of benzene rings is 1. The van der Waals surface area contributed by atoms with Crippen LogP contribution in [-0.2, 0) is 16.0 Å². The van der Waals surface area contributed by atoms with E-state index in [9.17, 15) is 25.2 Å². The Hall–Kier alpha value is -2.56. The lowest BCUT2D eigenvalue weighted by Crippen LogP contribution is -2.56. The lowest BCUT2D eigenvalue weighted by Gasteiger charge is -2.40. The highest BCUT2D eigenvalue weighted by atomic mass is 16.6.